The molecule has 0 radical (unpaired) electrons. The summed E-state index contributed by atoms with van der Waals surface area (Å²) in [6, 6.07) is 2.37. The Kier molecular flexibility index (Phi) is 6.56. The molecule has 5 nitrogen and oxygen atoms in total. The van der Waals surface area contributed by atoms with Crippen LogP contribution in [0.2, 0.25) is 0 Å². The Morgan fingerprint density at radius 1 is 1.22 bits per heavy atom. The Morgan fingerprint density at radius 2 is 1.78 bits per heavy atom. The Bertz CT molecular complexity index is 544. The summed E-state index contributed by atoms with van der Waals surface area (Å²) in [5, 5.41) is 14.2. The number of alkyl halides is 3. The second kappa shape index (κ2) is 7.96. The van der Waals surface area contributed by atoms with E-state index < -0.39 is 35.7 Å². The number of carboxylic acid groups (broad SMARTS) is 1. The monoisotopic (exact) mass is 332 g/mol. The summed E-state index contributed by atoms with van der Waals surface area (Å²) in [6.07, 6.45) is -3.43. The van der Waals surface area contributed by atoms with Gasteiger partial charge in [0.25, 0.3) is 0 Å². The number of benzene rings is 1. The maximum atomic E-state index is 12.4. The van der Waals surface area contributed by atoms with Gasteiger partial charge in [-0.25, -0.2) is 0 Å². The number of halogens is 3. The van der Waals surface area contributed by atoms with Crippen LogP contribution >= 0.6 is 0 Å². The van der Waals surface area contributed by atoms with Gasteiger partial charge in [0.15, 0.2) is 0 Å². The van der Waals surface area contributed by atoms with Gasteiger partial charge in [-0.15, -0.1) is 0 Å². The van der Waals surface area contributed by atoms with E-state index in [0.717, 1.165) is 24.3 Å². The van der Waals surface area contributed by atoms with Crippen LogP contribution in [0.4, 0.5) is 18.9 Å². The number of anilines is 1. The van der Waals surface area contributed by atoms with Gasteiger partial charge in [-0.1, -0.05) is 13.3 Å². The molecule has 0 aliphatic carbocycles. The second-order valence-electron chi connectivity index (χ2n) is 5.13. The molecule has 0 saturated heterocycles. The first-order chi connectivity index (χ1) is 10.6. The summed E-state index contributed by atoms with van der Waals surface area (Å²) in [4.78, 5) is 23.0. The first kappa shape index (κ1) is 19.0. The van der Waals surface area contributed by atoms with Gasteiger partial charge in [0.1, 0.15) is 6.04 Å². The van der Waals surface area contributed by atoms with Crippen LogP contribution in [-0.4, -0.2) is 29.1 Å². The fourth-order valence-corrected chi connectivity index (χ4v) is 1.94. The predicted octanol–water partition coefficient (Wildman–Crippen LogP) is 2.88. The zero-order valence-corrected chi connectivity index (χ0v) is 12.8. The van der Waals surface area contributed by atoms with Crippen molar-refractivity contribution in [2.75, 3.05) is 5.32 Å². The lowest BCUT2D eigenvalue weighted by molar-refractivity contribution is -0.140. The maximum absolute atomic E-state index is 12.4. The third-order valence-corrected chi connectivity index (χ3v) is 3.20. The lowest BCUT2D eigenvalue weighted by atomic mass is 10.1. The topological polar surface area (TPSA) is 78.4 Å². The molecule has 1 amide bonds. The number of carboxylic acids is 1. The standard InChI is InChI=1S/C15H19F3N2O3/c1-3-4-12(14(22)23)19-9(2)13(21)20-11-7-5-10(6-8-11)15(16,17)18/h5-9,12,19H,3-4H2,1-2H3,(H,20,21)(H,22,23). The highest BCUT2D eigenvalue weighted by Crippen LogP contribution is 2.29. The van der Waals surface area contributed by atoms with Crippen molar-refractivity contribution in [3.05, 3.63) is 29.8 Å². The quantitative estimate of drug-likeness (QED) is 0.717. The van der Waals surface area contributed by atoms with Crippen molar-refractivity contribution in [3.63, 3.8) is 0 Å². The van der Waals surface area contributed by atoms with E-state index in [0.29, 0.717) is 12.8 Å². The molecule has 0 spiro atoms. The number of hydrogen-bond acceptors (Lipinski definition) is 3. The molecule has 2 atom stereocenters. The molecular formula is C15H19F3N2O3. The van der Waals surface area contributed by atoms with E-state index in [1.165, 1.54) is 6.92 Å². The molecular weight excluding hydrogens is 313 g/mol. The second-order valence-corrected chi connectivity index (χ2v) is 5.13. The summed E-state index contributed by atoms with van der Waals surface area (Å²) in [5.41, 5.74) is -0.602. The first-order valence-corrected chi connectivity index (χ1v) is 7.12. The zero-order chi connectivity index (χ0) is 17.6. The molecule has 1 aromatic rings. The van der Waals surface area contributed by atoms with Crippen LogP contribution in [0.5, 0.6) is 0 Å². The van der Waals surface area contributed by atoms with Gasteiger partial charge < -0.3 is 10.4 Å². The van der Waals surface area contributed by atoms with Crippen molar-refractivity contribution in [3.8, 4) is 0 Å². The van der Waals surface area contributed by atoms with Crippen LogP contribution in [-0.2, 0) is 15.8 Å². The third kappa shape index (κ3) is 5.90. The van der Waals surface area contributed by atoms with E-state index in [-0.39, 0.29) is 5.69 Å². The molecule has 0 aromatic heterocycles. The molecule has 1 aromatic carbocycles. The molecule has 0 fully saturated rings. The molecule has 3 N–H and O–H groups in total. The summed E-state index contributed by atoms with van der Waals surface area (Å²) in [5.74, 6) is -1.58. The van der Waals surface area contributed by atoms with Gasteiger partial charge in [0, 0.05) is 5.69 Å². The highest BCUT2D eigenvalue weighted by atomic mass is 19.4. The van der Waals surface area contributed by atoms with Gasteiger partial charge in [0.2, 0.25) is 5.91 Å². The van der Waals surface area contributed by atoms with Crippen molar-refractivity contribution in [2.24, 2.45) is 0 Å². The highest BCUT2D eigenvalue weighted by molar-refractivity contribution is 5.94. The lowest BCUT2D eigenvalue weighted by Crippen LogP contribution is -2.47. The number of hydrogen-bond donors (Lipinski definition) is 3. The Hall–Kier alpha value is -2.09. The van der Waals surface area contributed by atoms with Gasteiger partial charge in [-0.3, -0.25) is 14.9 Å². The normalized spacial score (nSPS) is 14.1. The zero-order valence-electron chi connectivity index (χ0n) is 12.8. The third-order valence-electron chi connectivity index (χ3n) is 3.20. The summed E-state index contributed by atoms with van der Waals surface area (Å²) in [7, 11) is 0. The van der Waals surface area contributed by atoms with Crippen molar-refractivity contribution < 1.29 is 27.9 Å². The predicted molar refractivity (Wildman–Crippen MR) is 79.0 cm³/mol. The molecule has 2 unspecified atom stereocenters. The van der Waals surface area contributed by atoms with E-state index in [1.54, 1.807) is 0 Å². The number of carbonyl (C=O) groups is 2. The van der Waals surface area contributed by atoms with Crippen LogP contribution in [0.25, 0.3) is 0 Å². The number of aliphatic carboxylic acids is 1. The number of carbonyl (C=O) groups excluding carboxylic acids is 1. The maximum Gasteiger partial charge on any atom is 0.416 e. The average molecular weight is 332 g/mol. The molecule has 0 saturated carbocycles. The largest absolute Gasteiger partial charge is 0.480 e. The smallest absolute Gasteiger partial charge is 0.416 e. The van der Waals surface area contributed by atoms with E-state index in [4.69, 9.17) is 5.11 Å². The van der Waals surface area contributed by atoms with Gasteiger partial charge >= 0.3 is 12.1 Å². The highest BCUT2D eigenvalue weighted by Gasteiger charge is 2.30. The van der Waals surface area contributed by atoms with E-state index in [1.807, 2.05) is 6.92 Å². The number of amides is 1. The minimum Gasteiger partial charge on any atom is -0.480 e. The van der Waals surface area contributed by atoms with Crippen LogP contribution < -0.4 is 10.6 Å². The van der Waals surface area contributed by atoms with Crippen molar-refractivity contribution >= 4 is 17.6 Å². The van der Waals surface area contributed by atoms with Gasteiger partial charge in [0.05, 0.1) is 11.6 Å². The summed E-state index contributed by atoms with van der Waals surface area (Å²) in [6.45, 7) is 3.32. The summed E-state index contributed by atoms with van der Waals surface area (Å²) >= 11 is 0. The van der Waals surface area contributed by atoms with Crippen molar-refractivity contribution in [2.45, 2.75) is 44.9 Å². The van der Waals surface area contributed by atoms with Gasteiger partial charge in [-0.2, -0.15) is 13.2 Å². The van der Waals surface area contributed by atoms with E-state index in [9.17, 15) is 22.8 Å². The minimum absolute atomic E-state index is 0.207. The lowest BCUT2D eigenvalue weighted by Gasteiger charge is -2.19. The molecule has 0 heterocycles. The SMILES string of the molecule is CCCC(NC(C)C(=O)Nc1ccc(C(F)(F)F)cc1)C(=O)O. The van der Waals surface area contributed by atoms with E-state index in [2.05, 4.69) is 10.6 Å². The van der Waals surface area contributed by atoms with Crippen LogP contribution in [0.15, 0.2) is 24.3 Å². The Labute approximate surface area is 131 Å². The minimum atomic E-state index is -4.44. The number of nitrogens with one attached hydrogen (secondary N) is 2. The van der Waals surface area contributed by atoms with Crippen LogP contribution in [0, 0.1) is 0 Å². The van der Waals surface area contributed by atoms with Crippen molar-refractivity contribution in [1.82, 2.24) is 5.32 Å². The van der Waals surface area contributed by atoms with Crippen LogP contribution in [0.1, 0.15) is 32.3 Å². The molecule has 1 rings (SSSR count). The molecule has 128 valence electrons. The fourth-order valence-electron chi connectivity index (χ4n) is 1.94. The molecule has 0 aliphatic heterocycles. The van der Waals surface area contributed by atoms with Crippen molar-refractivity contribution in [1.29, 1.82) is 0 Å². The Morgan fingerprint density at radius 3 is 2.22 bits per heavy atom. The first-order valence-electron chi connectivity index (χ1n) is 7.12. The van der Waals surface area contributed by atoms with E-state index >= 15 is 0 Å². The number of rotatable bonds is 7. The molecule has 8 heteroatoms. The molecule has 23 heavy (non-hydrogen) atoms. The summed E-state index contributed by atoms with van der Waals surface area (Å²) < 4.78 is 37.3. The average Bonchev–Trinajstić information content (AvgIpc) is 2.46. The Balaban J connectivity index is 2.66. The fraction of sp³-hybridized carbons (Fsp3) is 0.467. The van der Waals surface area contributed by atoms with Crippen LogP contribution in [0.3, 0.4) is 0 Å². The van der Waals surface area contributed by atoms with Gasteiger partial charge in [-0.05, 0) is 37.6 Å². The molecule has 0 aliphatic rings. The molecule has 0 bridgehead atoms.